The maximum Gasteiger partial charge on any atom is 0.255 e. The number of methoxy groups -OCH3 is 1. The molecule has 3 aromatic rings. The normalized spacial score (nSPS) is 10.6. The summed E-state index contributed by atoms with van der Waals surface area (Å²) < 4.78 is 6.18. The lowest BCUT2D eigenvalue weighted by Crippen LogP contribution is -2.11. The van der Waals surface area contributed by atoms with Gasteiger partial charge in [0.1, 0.15) is 5.75 Å². The van der Waals surface area contributed by atoms with Crippen molar-refractivity contribution in [2.45, 2.75) is 6.92 Å². The number of fused-ring (bicyclic) bond motifs is 1. The number of carbonyl (C=O) groups excluding carboxylic acids is 1. The zero-order valence-electron chi connectivity index (χ0n) is 11.7. The number of ether oxygens (including phenoxy) is 1. The van der Waals surface area contributed by atoms with Gasteiger partial charge in [-0.3, -0.25) is 4.79 Å². The van der Waals surface area contributed by atoms with Gasteiger partial charge in [-0.2, -0.15) is 0 Å². The Hall–Kier alpha value is -2.40. The van der Waals surface area contributed by atoms with Gasteiger partial charge < -0.3 is 10.1 Å². The summed E-state index contributed by atoms with van der Waals surface area (Å²) in [5.41, 5.74) is 2.19. The van der Waals surface area contributed by atoms with Crippen LogP contribution in [0.1, 0.15) is 15.4 Å². The molecule has 4 nitrogen and oxygen atoms in total. The Bertz CT molecular complexity index is 794. The van der Waals surface area contributed by atoms with Gasteiger partial charge in [0, 0.05) is 11.3 Å². The Kier molecular flexibility index (Phi) is 3.58. The number of benzene rings is 2. The first-order chi connectivity index (χ1) is 10.2. The minimum atomic E-state index is -0.146. The van der Waals surface area contributed by atoms with Crippen LogP contribution < -0.4 is 10.1 Å². The monoisotopic (exact) mass is 298 g/mol. The molecule has 2 aromatic carbocycles. The van der Waals surface area contributed by atoms with E-state index in [1.807, 2.05) is 49.4 Å². The Morgan fingerprint density at radius 2 is 1.95 bits per heavy atom. The summed E-state index contributed by atoms with van der Waals surface area (Å²) >= 11 is 1.62. The van der Waals surface area contributed by atoms with E-state index in [-0.39, 0.29) is 5.91 Å². The lowest BCUT2D eigenvalue weighted by atomic mass is 10.2. The topological polar surface area (TPSA) is 51.2 Å². The minimum Gasteiger partial charge on any atom is -0.497 e. The molecule has 1 heterocycles. The third-order valence-corrected chi connectivity index (χ3v) is 4.06. The summed E-state index contributed by atoms with van der Waals surface area (Å²) in [7, 11) is 1.61. The molecular formula is C16H14N2O2S. The number of anilines is 1. The second kappa shape index (κ2) is 5.54. The average molecular weight is 298 g/mol. The number of nitrogens with one attached hydrogen (secondary N) is 1. The molecule has 0 atom stereocenters. The van der Waals surface area contributed by atoms with Crippen LogP contribution in [-0.4, -0.2) is 18.0 Å². The lowest BCUT2D eigenvalue weighted by Gasteiger charge is -2.06. The Labute approximate surface area is 126 Å². The van der Waals surface area contributed by atoms with Crippen LogP contribution in [0.15, 0.2) is 42.5 Å². The van der Waals surface area contributed by atoms with E-state index in [1.54, 1.807) is 18.4 Å². The van der Waals surface area contributed by atoms with Gasteiger partial charge in [0.2, 0.25) is 0 Å². The van der Waals surface area contributed by atoms with Gasteiger partial charge in [0.05, 0.1) is 22.3 Å². The van der Waals surface area contributed by atoms with E-state index in [0.29, 0.717) is 5.56 Å². The number of hydrogen-bond donors (Lipinski definition) is 1. The molecule has 0 unspecified atom stereocenters. The zero-order chi connectivity index (χ0) is 14.8. The lowest BCUT2D eigenvalue weighted by molar-refractivity contribution is 0.102. The number of hydrogen-bond acceptors (Lipinski definition) is 4. The summed E-state index contributed by atoms with van der Waals surface area (Å²) in [4.78, 5) is 16.7. The molecule has 0 aliphatic rings. The number of aryl methyl sites for hydroxylation is 1. The number of carbonyl (C=O) groups is 1. The fourth-order valence-electron chi connectivity index (χ4n) is 2.06. The molecule has 5 heteroatoms. The van der Waals surface area contributed by atoms with Crippen molar-refractivity contribution < 1.29 is 9.53 Å². The van der Waals surface area contributed by atoms with Crippen LogP contribution in [0.5, 0.6) is 5.75 Å². The highest BCUT2D eigenvalue weighted by molar-refractivity contribution is 7.18. The standard InChI is InChI=1S/C16H14N2O2S/c1-10-17-14-9-11(3-8-15(14)21-10)16(19)18-12-4-6-13(20-2)7-5-12/h3-9H,1-2H3,(H,18,19). The Morgan fingerprint density at radius 1 is 1.19 bits per heavy atom. The molecule has 1 N–H and O–H groups in total. The van der Waals surface area contributed by atoms with Gasteiger partial charge in [-0.25, -0.2) is 4.98 Å². The molecule has 1 amide bonds. The van der Waals surface area contributed by atoms with Gasteiger partial charge in [-0.05, 0) is 49.4 Å². The van der Waals surface area contributed by atoms with E-state index in [2.05, 4.69) is 10.3 Å². The smallest absolute Gasteiger partial charge is 0.255 e. The van der Waals surface area contributed by atoms with Crippen LogP contribution in [0, 0.1) is 6.92 Å². The predicted octanol–water partition coefficient (Wildman–Crippen LogP) is 3.87. The first kappa shape index (κ1) is 13.6. The van der Waals surface area contributed by atoms with Crippen molar-refractivity contribution in [1.82, 2.24) is 4.98 Å². The van der Waals surface area contributed by atoms with E-state index >= 15 is 0 Å². The van der Waals surface area contributed by atoms with Crippen molar-refractivity contribution in [2.75, 3.05) is 12.4 Å². The third kappa shape index (κ3) is 2.87. The SMILES string of the molecule is COc1ccc(NC(=O)c2ccc3sc(C)nc3c2)cc1. The van der Waals surface area contributed by atoms with Crippen molar-refractivity contribution in [1.29, 1.82) is 0 Å². The van der Waals surface area contributed by atoms with Crippen molar-refractivity contribution in [3.63, 3.8) is 0 Å². The maximum absolute atomic E-state index is 12.3. The van der Waals surface area contributed by atoms with Crippen LogP contribution in [-0.2, 0) is 0 Å². The van der Waals surface area contributed by atoms with Crippen LogP contribution in [0.25, 0.3) is 10.2 Å². The summed E-state index contributed by atoms with van der Waals surface area (Å²) in [5.74, 6) is 0.611. The number of nitrogens with zero attached hydrogens (tertiary/aromatic N) is 1. The molecular weight excluding hydrogens is 284 g/mol. The van der Waals surface area contributed by atoms with Gasteiger partial charge >= 0.3 is 0 Å². The van der Waals surface area contributed by atoms with Crippen molar-refractivity contribution >= 4 is 33.1 Å². The molecule has 21 heavy (non-hydrogen) atoms. The van der Waals surface area contributed by atoms with Crippen LogP contribution in [0.3, 0.4) is 0 Å². The van der Waals surface area contributed by atoms with Crippen LogP contribution in [0.4, 0.5) is 5.69 Å². The largest absolute Gasteiger partial charge is 0.497 e. The van der Waals surface area contributed by atoms with E-state index in [1.165, 1.54) is 0 Å². The quantitative estimate of drug-likeness (QED) is 0.798. The first-order valence-corrected chi connectivity index (χ1v) is 7.30. The highest BCUT2D eigenvalue weighted by Crippen LogP contribution is 2.23. The number of thiazole rings is 1. The summed E-state index contributed by atoms with van der Waals surface area (Å²) in [6.07, 6.45) is 0. The molecule has 0 bridgehead atoms. The number of amides is 1. The van der Waals surface area contributed by atoms with Crippen molar-refractivity contribution in [2.24, 2.45) is 0 Å². The fraction of sp³-hybridized carbons (Fsp3) is 0.125. The molecule has 0 radical (unpaired) electrons. The molecule has 0 saturated heterocycles. The van der Waals surface area contributed by atoms with Crippen LogP contribution in [0.2, 0.25) is 0 Å². The van der Waals surface area contributed by atoms with E-state index in [9.17, 15) is 4.79 Å². The summed E-state index contributed by atoms with van der Waals surface area (Å²) in [6.45, 7) is 1.96. The van der Waals surface area contributed by atoms with E-state index in [4.69, 9.17) is 4.74 Å². The molecule has 0 saturated carbocycles. The highest BCUT2D eigenvalue weighted by atomic mass is 32.1. The molecule has 0 fully saturated rings. The summed E-state index contributed by atoms with van der Waals surface area (Å²) in [6, 6.07) is 12.8. The van der Waals surface area contributed by atoms with Crippen molar-refractivity contribution in [3.8, 4) is 5.75 Å². The molecule has 106 valence electrons. The predicted molar refractivity (Wildman–Crippen MR) is 85.3 cm³/mol. The molecule has 0 spiro atoms. The average Bonchev–Trinajstić information content (AvgIpc) is 2.87. The highest BCUT2D eigenvalue weighted by Gasteiger charge is 2.09. The Morgan fingerprint density at radius 3 is 2.67 bits per heavy atom. The van der Waals surface area contributed by atoms with Gasteiger partial charge in [-0.15, -0.1) is 11.3 Å². The molecule has 0 aliphatic heterocycles. The number of rotatable bonds is 3. The minimum absolute atomic E-state index is 0.146. The van der Waals surface area contributed by atoms with E-state index in [0.717, 1.165) is 26.7 Å². The second-order valence-electron chi connectivity index (χ2n) is 4.60. The third-order valence-electron chi connectivity index (χ3n) is 3.10. The van der Waals surface area contributed by atoms with Crippen LogP contribution >= 0.6 is 11.3 Å². The maximum atomic E-state index is 12.3. The fourth-order valence-corrected chi connectivity index (χ4v) is 2.87. The molecule has 3 rings (SSSR count). The van der Waals surface area contributed by atoms with E-state index < -0.39 is 0 Å². The Balaban J connectivity index is 1.82. The van der Waals surface area contributed by atoms with Gasteiger partial charge in [-0.1, -0.05) is 0 Å². The molecule has 0 aliphatic carbocycles. The molecule has 1 aromatic heterocycles. The summed E-state index contributed by atoms with van der Waals surface area (Å²) in [5, 5.41) is 3.86. The first-order valence-electron chi connectivity index (χ1n) is 6.48. The van der Waals surface area contributed by atoms with Gasteiger partial charge in [0.15, 0.2) is 0 Å². The number of aromatic nitrogens is 1. The second-order valence-corrected chi connectivity index (χ2v) is 5.83. The van der Waals surface area contributed by atoms with Crippen molar-refractivity contribution in [3.05, 3.63) is 53.0 Å². The van der Waals surface area contributed by atoms with Gasteiger partial charge in [0.25, 0.3) is 5.91 Å². The zero-order valence-corrected chi connectivity index (χ0v) is 12.5.